The van der Waals surface area contributed by atoms with Crippen LogP contribution in [0.25, 0.3) is 11.4 Å². The summed E-state index contributed by atoms with van der Waals surface area (Å²) in [5.41, 5.74) is 2.49. The molecule has 0 saturated carbocycles. The molecule has 0 bridgehead atoms. The molecule has 14 heteroatoms. The SMILES string of the molecule is Cc1ccc(-c2nn3c(c2NC(=O)C2CS(=O)(=O)C2)C(=O)N[C@@]2(CCc4cc(OCC(F)(F)F)ccc42)C3)nc1. The van der Waals surface area contributed by atoms with Crippen LogP contribution in [0.15, 0.2) is 36.5 Å². The lowest BCUT2D eigenvalue weighted by Gasteiger charge is -2.36. The Morgan fingerprint density at radius 2 is 2.02 bits per heavy atom. The number of fused-ring (bicyclic) bond motifs is 3. The minimum atomic E-state index is -4.46. The van der Waals surface area contributed by atoms with Gasteiger partial charge in [0, 0.05) is 6.20 Å². The van der Waals surface area contributed by atoms with E-state index in [9.17, 15) is 31.2 Å². The first kappa shape index (κ1) is 26.3. The molecule has 1 aliphatic carbocycles. The van der Waals surface area contributed by atoms with Crippen LogP contribution in [0.1, 0.15) is 33.6 Å². The van der Waals surface area contributed by atoms with Gasteiger partial charge in [0.05, 0.1) is 35.2 Å². The maximum atomic E-state index is 13.6. The molecule has 1 atom stereocenters. The Hall–Kier alpha value is -3.94. The largest absolute Gasteiger partial charge is 0.484 e. The highest BCUT2D eigenvalue weighted by molar-refractivity contribution is 7.92. The third kappa shape index (κ3) is 4.69. The first-order valence-electron chi connectivity index (χ1n) is 12.5. The van der Waals surface area contributed by atoms with Crippen LogP contribution in [0.4, 0.5) is 18.9 Å². The normalized spacial score (nSPS) is 21.4. The summed E-state index contributed by atoms with van der Waals surface area (Å²) < 4.78 is 67.5. The minimum Gasteiger partial charge on any atom is -0.484 e. The molecule has 6 rings (SSSR count). The Morgan fingerprint density at radius 3 is 2.70 bits per heavy atom. The van der Waals surface area contributed by atoms with Crippen molar-refractivity contribution < 1.29 is 35.9 Å². The number of rotatable bonds is 5. The number of carbonyl (C=O) groups is 2. The van der Waals surface area contributed by atoms with Crippen LogP contribution in [0.3, 0.4) is 0 Å². The van der Waals surface area contributed by atoms with Crippen molar-refractivity contribution in [3.05, 3.63) is 58.9 Å². The summed E-state index contributed by atoms with van der Waals surface area (Å²) in [4.78, 5) is 30.9. The van der Waals surface area contributed by atoms with E-state index in [0.717, 1.165) is 16.7 Å². The van der Waals surface area contributed by atoms with Crippen LogP contribution >= 0.6 is 0 Å². The summed E-state index contributed by atoms with van der Waals surface area (Å²) in [5, 5.41) is 10.4. The number of nitrogens with one attached hydrogen (secondary N) is 2. The second kappa shape index (κ2) is 9.04. The number of carbonyl (C=O) groups excluding carboxylic acids is 2. The number of amides is 2. The van der Waals surface area contributed by atoms with E-state index in [4.69, 9.17) is 4.74 Å². The number of aromatic nitrogens is 3. The van der Waals surface area contributed by atoms with E-state index in [2.05, 4.69) is 20.7 Å². The molecule has 2 N–H and O–H groups in total. The number of anilines is 1. The van der Waals surface area contributed by atoms with Crippen molar-refractivity contribution in [3.8, 4) is 17.1 Å². The van der Waals surface area contributed by atoms with E-state index < -0.39 is 45.9 Å². The molecule has 0 radical (unpaired) electrons. The zero-order valence-corrected chi connectivity index (χ0v) is 22.0. The molecule has 4 heterocycles. The molecule has 1 spiro atoms. The number of aryl methyl sites for hydroxylation is 2. The summed E-state index contributed by atoms with van der Waals surface area (Å²) in [7, 11) is -3.25. The lowest BCUT2D eigenvalue weighted by Crippen LogP contribution is -2.52. The monoisotopic (exact) mass is 575 g/mol. The standard InChI is InChI=1S/C26H24F3N5O5S/c1-14-2-5-19(30-9-14)20-21(31-23(35)16-10-40(37,38)11-16)22-24(36)32-25(12-34(22)33-20)7-6-15-8-17(3-4-18(15)25)39-13-26(27,28)29/h2-5,8-9,16H,6-7,10-13H2,1H3,(H,31,35)(H,32,36)/t25-/m0/s1. The lowest BCUT2D eigenvalue weighted by molar-refractivity contribution is -0.153. The topological polar surface area (TPSA) is 132 Å². The quantitative estimate of drug-likeness (QED) is 0.478. The first-order chi connectivity index (χ1) is 18.8. The highest BCUT2D eigenvalue weighted by Crippen LogP contribution is 2.44. The van der Waals surface area contributed by atoms with E-state index in [1.54, 1.807) is 24.4 Å². The summed E-state index contributed by atoms with van der Waals surface area (Å²) in [6, 6.07) is 8.19. The van der Waals surface area contributed by atoms with Crippen molar-refractivity contribution in [2.24, 2.45) is 5.92 Å². The number of pyridine rings is 1. The molecular formula is C26H24F3N5O5S. The predicted molar refractivity (Wildman–Crippen MR) is 136 cm³/mol. The van der Waals surface area contributed by atoms with E-state index >= 15 is 0 Å². The van der Waals surface area contributed by atoms with Gasteiger partial charge in [-0.05, 0) is 54.7 Å². The first-order valence-corrected chi connectivity index (χ1v) is 14.4. The van der Waals surface area contributed by atoms with Gasteiger partial charge in [-0.15, -0.1) is 0 Å². The Morgan fingerprint density at radius 1 is 1.25 bits per heavy atom. The van der Waals surface area contributed by atoms with E-state index in [1.165, 1.54) is 10.7 Å². The summed E-state index contributed by atoms with van der Waals surface area (Å²) in [5.74, 6) is -2.19. The smallest absolute Gasteiger partial charge is 0.422 e. The van der Waals surface area contributed by atoms with Gasteiger partial charge < -0.3 is 15.4 Å². The molecule has 1 aromatic carbocycles. The van der Waals surface area contributed by atoms with Crippen LogP contribution in [-0.4, -0.2) is 59.3 Å². The Labute approximate surface area is 226 Å². The third-order valence-electron chi connectivity index (χ3n) is 7.44. The zero-order valence-electron chi connectivity index (χ0n) is 21.2. The van der Waals surface area contributed by atoms with Crippen molar-refractivity contribution in [1.29, 1.82) is 0 Å². The van der Waals surface area contributed by atoms with Crippen LogP contribution in [-0.2, 0) is 33.1 Å². The number of alkyl halides is 3. The van der Waals surface area contributed by atoms with Crippen molar-refractivity contribution in [3.63, 3.8) is 0 Å². The molecule has 3 aromatic rings. The van der Waals surface area contributed by atoms with Crippen LogP contribution in [0, 0.1) is 12.8 Å². The number of hydrogen-bond acceptors (Lipinski definition) is 7. The van der Waals surface area contributed by atoms with Crippen LogP contribution in [0.5, 0.6) is 5.75 Å². The van der Waals surface area contributed by atoms with Crippen LogP contribution in [0.2, 0.25) is 0 Å². The molecule has 40 heavy (non-hydrogen) atoms. The van der Waals surface area contributed by atoms with Gasteiger partial charge >= 0.3 is 6.18 Å². The fourth-order valence-corrected chi connectivity index (χ4v) is 6.93. The van der Waals surface area contributed by atoms with Crippen molar-refractivity contribution in [2.45, 2.75) is 38.0 Å². The second-order valence-corrected chi connectivity index (χ2v) is 12.6. The molecule has 2 aromatic heterocycles. The average Bonchev–Trinajstić information content (AvgIpc) is 3.39. The van der Waals surface area contributed by atoms with Crippen LogP contribution < -0.4 is 15.4 Å². The highest BCUT2D eigenvalue weighted by Gasteiger charge is 2.47. The van der Waals surface area contributed by atoms with Crippen molar-refractivity contribution in [2.75, 3.05) is 23.4 Å². The third-order valence-corrected chi connectivity index (χ3v) is 9.26. The fourth-order valence-electron chi connectivity index (χ4n) is 5.50. The zero-order chi connectivity index (χ0) is 28.4. The van der Waals surface area contributed by atoms with Gasteiger partial charge in [0.25, 0.3) is 5.91 Å². The number of hydrogen-bond donors (Lipinski definition) is 2. The Balaban J connectivity index is 1.35. The Bertz CT molecular complexity index is 1640. The number of ether oxygens (including phenoxy) is 1. The molecule has 10 nitrogen and oxygen atoms in total. The number of halogens is 3. The number of sulfone groups is 1. The highest BCUT2D eigenvalue weighted by atomic mass is 32.2. The van der Waals surface area contributed by atoms with Crippen molar-refractivity contribution >= 4 is 27.3 Å². The lowest BCUT2D eigenvalue weighted by atomic mass is 9.89. The molecule has 1 fully saturated rings. The molecule has 0 unspecified atom stereocenters. The Kier molecular flexibility index (Phi) is 5.94. The van der Waals surface area contributed by atoms with Gasteiger partial charge in [-0.3, -0.25) is 19.3 Å². The fraction of sp³-hybridized carbons (Fsp3) is 0.385. The second-order valence-electron chi connectivity index (χ2n) is 10.5. The molecular weight excluding hydrogens is 551 g/mol. The van der Waals surface area contributed by atoms with E-state index in [0.29, 0.717) is 18.5 Å². The molecule has 2 aliphatic heterocycles. The summed E-state index contributed by atoms with van der Waals surface area (Å²) in [6.07, 6.45) is -1.85. The van der Waals surface area contributed by atoms with Gasteiger partial charge in [-0.2, -0.15) is 18.3 Å². The maximum absolute atomic E-state index is 13.6. The summed E-state index contributed by atoms with van der Waals surface area (Å²) >= 11 is 0. The van der Waals surface area contributed by atoms with Gasteiger partial charge in [0.1, 0.15) is 17.1 Å². The number of nitrogens with zero attached hydrogens (tertiary/aromatic N) is 3. The van der Waals surface area contributed by atoms with Gasteiger partial charge in [0.2, 0.25) is 5.91 Å². The summed E-state index contributed by atoms with van der Waals surface area (Å²) in [6.45, 7) is 0.667. The maximum Gasteiger partial charge on any atom is 0.422 e. The predicted octanol–water partition coefficient (Wildman–Crippen LogP) is 2.76. The molecule has 1 saturated heterocycles. The van der Waals surface area contributed by atoms with E-state index in [-0.39, 0.29) is 40.9 Å². The van der Waals surface area contributed by atoms with Gasteiger partial charge in [-0.25, -0.2) is 8.42 Å². The van der Waals surface area contributed by atoms with E-state index in [1.807, 2.05) is 13.0 Å². The van der Waals surface area contributed by atoms with Crippen molar-refractivity contribution in [1.82, 2.24) is 20.1 Å². The number of benzene rings is 1. The minimum absolute atomic E-state index is 0.0887. The molecule has 2 amide bonds. The molecule has 3 aliphatic rings. The van der Waals surface area contributed by atoms with Gasteiger partial charge in [0.15, 0.2) is 22.1 Å². The molecule has 210 valence electrons. The van der Waals surface area contributed by atoms with Gasteiger partial charge in [-0.1, -0.05) is 12.1 Å². The average molecular weight is 576 g/mol.